The summed E-state index contributed by atoms with van der Waals surface area (Å²) in [6.07, 6.45) is 7.62. The van der Waals surface area contributed by atoms with Crippen LogP contribution in [0, 0.1) is 5.41 Å². The first-order chi connectivity index (χ1) is 15.4. The van der Waals surface area contributed by atoms with Crippen LogP contribution in [-0.4, -0.2) is 25.5 Å². The Kier molecular flexibility index (Phi) is 4.93. The van der Waals surface area contributed by atoms with Crippen molar-refractivity contribution in [3.8, 4) is 11.3 Å². The van der Waals surface area contributed by atoms with E-state index in [0.717, 1.165) is 46.0 Å². The van der Waals surface area contributed by atoms with E-state index in [-0.39, 0.29) is 11.2 Å². The molecule has 0 fully saturated rings. The molecule has 1 aliphatic carbocycles. The Balaban J connectivity index is 1.59. The lowest BCUT2D eigenvalue weighted by Gasteiger charge is -2.28. The number of nitrogens with zero attached hydrogens (tertiary/aromatic N) is 3. The Morgan fingerprint density at radius 2 is 1.97 bits per heavy atom. The van der Waals surface area contributed by atoms with Crippen LogP contribution < -0.4 is 5.32 Å². The molecule has 4 aromatic rings. The number of hydrogen-bond acceptors (Lipinski definition) is 4. The molecule has 0 aliphatic heterocycles. The summed E-state index contributed by atoms with van der Waals surface area (Å²) in [5.41, 5.74) is 7.04. The predicted octanol–water partition coefficient (Wildman–Crippen LogP) is 5.30. The smallest absolute Gasteiger partial charge is 0.165 e. The third-order valence-corrected chi connectivity index (χ3v) is 6.00. The van der Waals surface area contributed by atoms with Gasteiger partial charge in [0.2, 0.25) is 0 Å². The van der Waals surface area contributed by atoms with Gasteiger partial charge in [0.25, 0.3) is 0 Å². The van der Waals surface area contributed by atoms with Gasteiger partial charge in [-0.25, -0.2) is 4.98 Å². The quantitative estimate of drug-likeness (QED) is 0.455. The number of Topliss-reactive ketones (excluding diaryl/α,β-unsaturated/α-hetero) is 1. The van der Waals surface area contributed by atoms with Crippen LogP contribution in [0.25, 0.3) is 11.3 Å². The largest absolute Gasteiger partial charge is 0.358 e. The highest BCUT2D eigenvalue weighted by Crippen LogP contribution is 2.40. The van der Waals surface area contributed by atoms with Gasteiger partial charge in [-0.2, -0.15) is 5.10 Å². The van der Waals surface area contributed by atoms with Crippen LogP contribution in [0.15, 0.2) is 61.1 Å². The Hall–Kier alpha value is -3.67. The molecule has 162 valence electrons. The molecule has 0 saturated carbocycles. The maximum atomic E-state index is 13.2. The highest BCUT2D eigenvalue weighted by atomic mass is 16.1. The number of anilines is 2. The number of benzene rings is 1. The van der Waals surface area contributed by atoms with Crippen LogP contribution >= 0.6 is 0 Å². The summed E-state index contributed by atoms with van der Waals surface area (Å²) in [6, 6.07) is 14.3. The monoisotopic (exact) mass is 425 g/mol. The van der Waals surface area contributed by atoms with E-state index in [1.54, 1.807) is 17.1 Å². The average Bonchev–Trinajstić information content (AvgIpc) is 3.31. The third-order valence-electron chi connectivity index (χ3n) is 6.00. The van der Waals surface area contributed by atoms with Crippen LogP contribution in [0.4, 0.5) is 11.5 Å². The second-order valence-electron chi connectivity index (χ2n) is 9.39. The van der Waals surface area contributed by atoms with E-state index in [1.165, 1.54) is 5.56 Å². The maximum absolute atomic E-state index is 13.2. The molecular weight excluding hydrogens is 398 g/mol. The van der Waals surface area contributed by atoms with E-state index in [0.29, 0.717) is 12.8 Å². The molecular formula is C26H27N5O. The highest BCUT2D eigenvalue weighted by molar-refractivity contribution is 6.02. The molecule has 0 unspecified atom stereocenters. The zero-order valence-corrected chi connectivity index (χ0v) is 18.6. The van der Waals surface area contributed by atoms with Crippen LogP contribution in [0.1, 0.15) is 47.4 Å². The summed E-state index contributed by atoms with van der Waals surface area (Å²) in [5, 5.41) is 7.52. The van der Waals surface area contributed by atoms with Gasteiger partial charge in [-0.1, -0.05) is 44.2 Å². The van der Waals surface area contributed by atoms with Crippen molar-refractivity contribution in [1.29, 1.82) is 0 Å². The van der Waals surface area contributed by atoms with E-state index in [4.69, 9.17) is 0 Å². The molecule has 32 heavy (non-hydrogen) atoms. The summed E-state index contributed by atoms with van der Waals surface area (Å²) in [4.78, 5) is 21.3. The van der Waals surface area contributed by atoms with E-state index in [2.05, 4.69) is 46.4 Å². The second-order valence-corrected chi connectivity index (χ2v) is 9.39. The van der Waals surface area contributed by atoms with E-state index < -0.39 is 0 Å². The Morgan fingerprint density at radius 3 is 2.72 bits per heavy atom. The number of aromatic nitrogens is 4. The van der Waals surface area contributed by atoms with Gasteiger partial charge in [0.15, 0.2) is 5.78 Å². The lowest BCUT2D eigenvalue weighted by molar-refractivity contribution is 0.0911. The zero-order valence-electron chi connectivity index (χ0n) is 18.6. The number of pyridine rings is 1. The Bertz CT molecular complexity index is 1280. The minimum atomic E-state index is -0.0402. The summed E-state index contributed by atoms with van der Waals surface area (Å²) < 4.78 is 1.75. The summed E-state index contributed by atoms with van der Waals surface area (Å²) in [6.45, 7) is 4.32. The molecule has 0 spiro atoms. The molecule has 3 heterocycles. The third kappa shape index (κ3) is 3.96. The summed E-state index contributed by atoms with van der Waals surface area (Å²) in [7, 11) is 1.88. The van der Waals surface area contributed by atoms with Crippen molar-refractivity contribution in [3.05, 3.63) is 83.4 Å². The van der Waals surface area contributed by atoms with Crippen molar-refractivity contribution < 1.29 is 4.79 Å². The second kappa shape index (κ2) is 7.79. The number of rotatable bonds is 5. The van der Waals surface area contributed by atoms with Gasteiger partial charge < -0.3 is 10.3 Å². The Labute approximate surface area is 187 Å². The first-order valence-electron chi connectivity index (χ1n) is 10.9. The summed E-state index contributed by atoms with van der Waals surface area (Å²) >= 11 is 0. The van der Waals surface area contributed by atoms with Crippen molar-refractivity contribution in [3.63, 3.8) is 0 Å². The normalized spacial score (nSPS) is 14.9. The van der Waals surface area contributed by atoms with E-state index >= 15 is 0 Å². The Morgan fingerprint density at radius 1 is 1.16 bits per heavy atom. The van der Waals surface area contributed by atoms with Gasteiger partial charge in [-0.15, -0.1) is 0 Å². The number of ketones is 1. The number of aromatic amines is 1. The lowest BCUT2D eigenvalue weighted by Crippen LogP contribution is -2.27. The SMILES string of the molecule is Cn1cc(Nc2cc(-c3[nH]c4c(c3Cc3ccccc3)C(=O)CC(C)(C)C4)ccn2)cn1. The first kappa shape index (κ1) is 20.2. The molecule has 0 bridgehead atoms. The van der Waals surface area contributed by atoms with Gasteiger partial charge in [-0.3, -0.25) is 9.48 Å². The topological polar surface area (TPSA) is 75.6 Å². The van der Waals surface area contributed by atoms with Crippen molar-refractivity contribution >= 4 is 17.3 Å². The number of fused-ring (bicyclic) bond motifs is 1. The molecule has 3 aromatic heterocycles. The van der Waals surface area contributed by atoms with Gasteiger partial charge in [-0.05, 0) is 35.1 Å². The van der Waals surface area contributed by atoms with E-state index in [9.17, 15) is 4.79 Å². The fraction of sp³-hybridized carbons (Fsp3) is 0.269. The molecule has 6 heteroatoms. The predicted molar refractivity (Wildman–Crippen MR) is 126 cm³/mol. The van der Waals surface area contributed by atoms with Crippen LogP contribution in [-0.2, 0) is 19.9 Å². The van der Waals surface area contributed by atoms with Crippen LogP contribution in [0.3, 0.4) is 0 Å². The van der Waals surface area contributed by atoms with Crippen molar-refractivity contribution in [1.82, 2.24) is 19.7 Å². The highest BCUT2D eigenvalue weighted by Gasteiger charge is 2.35. The van der Waals surface area contributed by atoms with Crippen LogP contribution in [0.2, 0.25) is 0 Å². The molecule has 1 aromatic carbocycles. The number of nitrogens with one attached hydrogen (secondary N) is 2. The molecule has 1 aliphatic rings. The van der Waals surface area contributed by atoms with Gasteiger partial charge in [0, 0.05) is 49.1 Å². The molecule has 5 rings (SSSR count). The maximum Gasteiger partial charge on any atom is 0.165 e. The van der Waals surface area contributed by atoms with Crippen LogP contribution in [0.5, 0.6) is 0 Å². The molecule has 0 saturated heterocycles. The van der Waals surface area contributed by atoms with Crippen molar-refractivity contribution in [2.45, 2.75) is 33.1 Å². The fourth-order valence-corrected chi connectivity index (χ4v) is 4.64. The summed E-state index contributed by atoms with van der Waals surface area (Å²) in [5.74, 6) is 0.966. The average molecular weight is 426 g/mol. The number of carbonyl (C=O) groups excluding carboxylic acids is 1. The minimum absolute atomic E-state index is 0.0402. The van der Waals surface area contributed by atoms with Gasteiger partial charge in [0.05, 0.1) is 17.6 Å². The molecule has 6 nitrogen and oxygen atoms in total. The van der Waals surface area contributed by atoms with E-state index in [1.807, 2.05) is 43.6 Å². The number of H-pyrrole nitrogens is 1. The minimum Gasteiger partial charge on any atom is -0.358 e. The van der Waals surface area contributed by atoms with Gasteiger partial charge in [0.1, 0.15) is 5.82 Å². The standard InChI is InChI=1S/C26H27N5O/c1-26(2)13-21-24(22(32)14-26)20(11-17-7-5-4-6-8-17)25(30-21)18-9-10-27-23(12-18)29-19-15-28-31(3)16-19/h4-10,12,15-16,30H,11,13-14H2,1-3H3,(H,27,29). The number of hydrogen-bond donors (Lipinski definition) is 2. The lowest BCUT2D eigenvalue weighted by atomic mass is 9.75. The zero-order chi connectivity index (χ0) is 22.3. The van der Waals surface area contributed by atoms with Gasteiger partial charge >= 0.3 is 0 Å². The molecule has 0 amide bonds. The fourth-order valence-electron chi connectivity index (χ4n) is 4.64. The number of aryl methyl sites for hydroxylation is 1. The number of carbonyl (C=O) groups is 1. The molecule has 0 atom stereocenters. The molecule has 0 radical (unpaired) electrons. The first-order valence-corrected chi connectivity index (χ1v) is 10.9. The van der Waals surface area contributed by atoms with Crippen molar-refractivity contribution in [2.24, 2.45) is 12.5 Å². The molecule has 2 N–H and O–H groups in total. The van der Waals surface area contributed by atoms with Crippen molar-refractivity contribution in [2.75, 3.05) is 5.32 Å².